The van der Waals surface area contributed by atoms with Crippen molar-refractivity contribution in [3.63, 3.8) is 0 Å². The number of hydrogen-bond donors (Lipinski definition) is 0. The number of para-hydroxylation sites is 2. The molecule has 0 atom stereocenters. The Morgan fingerprint density at radius 3 is 1.62 bits per heavy atom. The molecule has 0 radical (unpaired) electrons. The number of fused-ring (bicyclic) bond motifs is 3. The highest BCUT2D eigenvalue weighted by Gasteiger charge is 2.37. The van der Waals surface area contributed by atoms with Crippen molar-refractivity contribution in [2.45, 2.75) is 19.3 Å². The van der Waals surface area contributed by atoms with E-state index in [-0.39, 0.29) is 5.41 Å². The van der Waals surface area contributed by atoms with Gasteiger partial charge in [-0.2, -0.15) is 0 Å². The molecule has 3 heteroatoms. The summed E-state index contributed by atoms with van der Waals surface area (Å²) in [6, 6.07) is 53.4. The average molecular weight is 563 g/mol. The summed E-state index contributed by atoms with van der Waals surface area (Å²) < 4.78 is 0. The molecule has 0 saturated heterocycles. The molecular formula is C39H31ClN2. The standard InChI is InChI=1S/C39H31ClN2/c1-39(2)35-23-10-9-22-34(35)38-36(39)24-13-25-37(38)42(31-19-11-14-28(40)26-31)33-21-12-20-32(27-33)41(29-15-5-3-6-16-29)30-17-7-4-8-18-30/h3-27H,1-2H3. The van der Waals surface area contributed by atoms with Crippen molar-refractivity contribution in [3.05, 3.63) is 168 Å². The van der Waals surface area contributed by atoms with Gasteiger partial charge in [-0.15, -0.1) is 0 Å². The molecule has 0 bridgehead atoms. The van der Waals surface area contributed by atoms with Crippen molar-refractivity contribution < 1.29 is 0 Å². The third-order valence-electron chi connectivity index (χ3n) is 8.27. The lowest BCUT2D eigenvalue weighted by Gasteiger charge is -2.31. The van der Waals surface area contributed by atoms with Crippen molar-refractivity contribution in [2.75, 3.05) is 9.80 Å². The van der Waals surface area contributed by atoms with Gasteiger partial charge in [0.1, 0.15) is 0 Å². The van der Waals surface area contributed by atoms with Gasteiger partial charge in [0.2, 0.25) is 0 Å². The molecule has 0 fully saturated rings. The van der Waals surface area contributed by atoms with E-state index in [1.54, 1.807) is 0 Å². The predicted molar refractivity (Wildman–Crippen MR) is 178 cm³/mol. The van der Waals surface area contributed by atoms with Gasteiger partial charge >= 0.3 is 0 Å². The largest absolute Gasteiger partial charge is 0.310 e. The Labute approximate surface area is 253 Å². The summed E-state index contributed by atoms with van der Waals surface area (Å²) in [5, 5.41) is 0.706. The molecule has 0 spiro atoms. The second-order valence-electron chi connectivity index (χ2n) is 11.2. The first-order valence-electron chi connectivity index (χ1n) is 14.3. The minimum Gasteiger partial charge on any atom is -0.310 e. The number of anilines is 6. The third kappa shape index (κ3) is 4.45. The van der Waals surface area contributed by atoms with E-state index in [1.165, 1.54) is 22.3 Å². The van der Waals surface area contributed by atoms with E-state index in [0.717, 1.165) is 34.1 Å². The number of rotatable bonds is 6. The van der Waals surface area contributed by atoms with E-state index in [2.05, 4.69) is 157 Å². The molecule has 2 nitrogen and oxygen atoms in total. The van der Waals surface area contributed by atoms with Gasteiger partial charge in [0.15, 0.2) is 0 Å². The van der Waals surface area contributed by atoms with E-state index in [9.17, 15) is 0 Å². The topological polar surface area (TPSA) is 6.48 Å². The summed E-state index contributed by atoms with van der Waals surface area (Å²) in [5.74, 6) is 0. The van der Waals surface area contributed by atoms with Crippen molar-refractivity contribution in [2.24, 2.45) is 0 Å². The van der Waals surface area contributed by atoms with Gasteiger partial charge in [-0.1, -0.05) is 110 Å². The quantitative estimate of drug-likeness (QED) is 0.199. The lowest BCUT2D eigenvalue weighted by Crippen LogP contribution is -2.16. The molecule has 0 aliphatic heterocycles. The molecule has 204 valence electrons. The van der Waals surface area contributed by atoms with Gasteiger partial charge < -0.3 is 9.80 Å². The maximum atomic E-state index is 6.61. The van der Waals surface area contributed by atoms with Crippen LogP contribution in [0.25, 0.3) is 11.1 Å². The first-order valence-corrected chi connectivity index (χ1v) is 14.7. The number of nitrogens with zero attached hydrogens (tertiary/aromatic N) is 2. The molecule has 1 aliphatic rings. The van der Waals surface area contributed by atoms with E-state index in [1.807, 2.05) is 18.2 Å². The van der Waals surface area contributed by atoms with Crippen LogP contribution in [0.4, 0.5) is 34.1 Å². The third-order valence-corrected chi connectivity index (χ3v) is 8.50. The zero-order chi connectivity index (χ0) is 28.7. The first kappa shape index (κ1) is 26.1. The van der Waals surface area contributed by atoms with Crippen LogP contribution in [0.1, 0.15) is 25.0 Å². The zero-order valence-electron chi connectivity index (χ0n) is 23.7. The maximum absolute atomic E-state index is 6.61. The molecule has 0 N–H and O–H groups in total. The Balaban J connectivity index is 1.46. The van der Waals surface area contributed by atoms with E-state index >= 15 is 0 Å². The van der Waals surface area contributed by atoms with Gasteiger partial charge in [0, 0.05) is 44.4 Å². The molecule has 0 aromatic heterocycles. The predicted octanol–water partition coefficient (Wildman–Crippen LogP) is 11.6. The van der Waals surface area contributed by atoms with Crippen molar-refractivity contribution in [3.8, 4) is 11.1 Å². The van der Waals surface area contributed by atoms with Crippen molar-refractivity contribution in [1.82, 2.24) is 0 Å². The van der Waals surface area contributed by atoms with Gasteiger partial charge in [0.25, 0.3) is 0 Å². The number of hydrogen-bond acceptors (Lipinski definition) is 2. The van der Waals surface area contributed by atoms with Crippen molar-refractivity contribution >= 4 is 45.7 Å². The second-order valence-corrected chi connectivity index (χ2v) is 11.6. The Bertz CT molecular complexity index is 1840. The molecule has 0 heterocycles. The molecule has 7 rings (SSSR count). The molecule has 0 saturated carbocycles. The summed E-state index contributed by atoms with van der Waals surface area (Å²) in [5.41, 5.74) is 11.6. The van der Waals surface area contributed by atoms with Crippen LogP contribution in [0.5, 0.6) is 0 Å². The smallest absolute Gasteiger partial charge is 0.0543 e. The van der Waals surface area contributed by atoms with Gasteiger partial charge in [-0.05, 0) is 83.4 Å². The van der Waals surface area contributed by atoms with Crippen LogP contribution in [0.3, 0.4) is 0 Å². The van der Waals surface area contributed by atoms with E-state index in [0.29, 0.717) is 5.02 Å². The molecule has 0 unspecified atom stereocenters. The molecule has 1 aliphatic carbocycles. The van der Waals surface area contributed by atoms with Crippen LogP contribution >= 0.6 is 11.6 Å². The average Bonchev–Trinajstić information content (AvgIpc) is 3.26. The summed E-state index contributed by atoms with van der Waals surface area (Å²) in [4.78, 5) is 4.65. The number of halogens is 1. The summed E-state index contributed by atoms with van der Waals surface area (Å²) in [6.45, 7) is 4.65. The van der Waals surface area contributed by atoms with Crippen LogP contribution in [0, 0.1) is 0 Å². The van der Waals surface area contributed by atoms with Gasteiger partial charge in [-0.3, -0.25) is 0 Å². The van der Waals surface area contributed by atoms with E-state index < -0.39 is 0 Å². The Hall–Kier alpha value is -4.79. The fourth-order valence-corrected chi connectivity index (χ4v) is 6.52. The highest BCUT2D eigenvalue weighted by molar-refractivity contribution is 6.30. The van der Waals surface area contributed by atoms with Gasteiger partial charge in [0.05, 0.1) is 5.69 Å². The number of benzene rings is 6. The minimum absolute atomic E-state index is 0.0960. The van der Waals surface area contributed by atoms with Crippen LogP contribution in [-0.2, 0) is 5.41 Å². The lowest BCUT2D eigenvalue weighted by atomic mass is 9.82. The normalized spacial score (nSPS) is 12.8. The first-order chi connectivity index (χ1) is 20.5. The van der Waals surface area contributed by atoms with E-state index in [4.69, 9.17) is 11.6 Å². The lowest BCUT2D eigenvalue weighted by molar-refractivity contribution is 0.660. The highest BCUT2D eigenvalue weighted by Crippen LogP contribution is 2.54. The zero-order valence-corrected chi connectivity index (χ0v) is 24.5. The van der Waals surface area contributed by atoms with Crippen molar-refractivity contribution in [1.29, 1.82) is 0 Å². The maximum Gasteiger partial charge on any atom is 0.0543 e. The highest BCUT2D eigenvalue weighted by atomic mass is 35.5. The molecule has 42 heavy (non-hydrogen) atoms. The van der Waals surface area contributed by atoms with Gasteiger partial charge in [-0.25, -0.2) is 0 Å². The van der Waals surface area contributed by atoms with Crippen LogP contribution in [0.2, 0.25) is 5.02 Å². The SMILES string of the molecule is CC1(C)c2ccccc2-c2c(N(c3cccc(Cl)c3)c3cccc(N(c4ccccc4)c4ccccc4)c3)cccc21. The fraction of sp³-hybridized carbons (Fsp3) is 0.0769. The Morgan fingerprint density at radius 2 is 0.952 bits per heavy atom. The Kier molecular flexibility index (Phi) is 6.57. The minimum atomic E-state index is -0.0960. The molecule has 6 aromatic carbocycles. The Morgan fingerprint density at radius 1 is 0.452 bits per heavy atom. The second kappa shape index (κ2) is 10.6. The molecular weight excluding hydrogens is 532 g/mol. The van der Waals surface area contributed by atoms with Crippen LogP contribution < -0.4 is 9.80 Å². The van der Waals surface area contributed by atoms with Crippen LogP contribution in [-0.4, -0.2) is 0 Å². The van der Waals surface area contributed by atoms with Crippen LogP contribution in [0.15, 0.2) is 152 Å². The summed E-state index contributed by atoms with van der Waals surface area (Å²) >= 11 is 6.61. The summed E-state index contributed by atoms with van der Waals surface area (Å²) in [7, 11) is 0. The molecule has 6 aromatic rings. The molecule has 0 amide bonds. The fourth-order valence-electron chi connectivity index (χ4n) is 6.34. The monoisotopic (exact) mass is 562 g/mol. The summed E-state index contributed by atoms with van der Waals surface area (Å²) in [6.07, 6.45) is 0.